The summed E-state index contributed by atoms with van der Waals surface area (Å²) in [4.78, 5) is 19.4. The van der Waals surface area contributed by atoms with Crippen molar-refractivity contribution in [3.63, 3.8) is 0 Å². The predicted molar refractivity (Wildman–Crippen MR) is 180 cm³/mol. The molecule has 0 spiro atoms. The van der Waals surface area contributed by atoms with Gasteiger partial charge in [0.05, 0.1) is 17.1 Å². The van der Waals surface area contributed by atoms with Gasteiger partial charge in [-0.05, 0) is 69.0 Å². The van der Waals surface area contributed by atoms with Crippen LogP contribution in [0, 0.1) is 0 Å². The quantitative estimate of drug-likeness (QED) is 0.172. The third-order valence-electron chi connectivity index (χ3n) is 7.94. The molecule has 0 saturated carbocycles. The van der Waals surface area contributed by atoms with E-state index in [0.717, 1.165) is 51.8 Å². The normalized spacial score (nSPS) is 14.8. The molecule has 1 saturated heterocycles. The number of aromatic nitrogens is 3. The van der Waals surface area contributed by atoms with Gasteiger partial charge < -0.3 is 24.4 Å². The van der Waals surface area contributed by atoms with E-state index in [1.54, 1.807) is 0 Å². The van der Waals surface area contributed by atoms with Crippen molar-refractivity contribution >= 4 is 22.7 Å². The highest BCUT2D eigenvalue weighted by molar-refractivity contribution is 5.96. The highest BCUT2D eigenvalue weighted by atomic mass is 16.6. The first-order valence-corrected chi connectivity index (χ1v) is 15.8. The van der Waals surface area contributed by atoms with Crippen LogP contribution >= 0.6 is 0 Å². The number of likely N-dealkylation sites (tertiary alicyclic amines) is 1. The average molecular weight is 620 g/mol. The Bertz CT molecular complexity index is 1780. The van der Waals surface area contributed by atoms with E-state index in [2.05, 4.69) is 23.5 Å². The van der Waals surface area contributed by atoms with Crippen LogP contribution in [0.4, 0.5) is 10.5 Å². The average Bonchev–Trinajstić information content (AvgIpc) is 3.66. The summed E-state index contributed by atoms with van der Waals surface area (Å²) < 4.78 is 19.9. The summed E-state index contributed by atoms with van der Waals surface area (Å²) in [6.07, 6.45) is 1.65. The molecule has 0 radical (unpaired) electrons. The molecule has 1 amide bonds. The Hall–Kier alpha value is -5.05. The Labute approximate surface area is 270 Å². The third kappa shape index (κ3) is 7.42. The number of hydrogen-bond acceptors (Lipinski definition) is 7. The molecule has 0 unspecified atom stereocenters. The van der Waals surface area contributed by atoms with E-state index in [4.69, 9.17) is 24.3 Å². The molecule has 1 aliphatic rings. The van der Waals surface area contributed by atoms with E-state index in [0.29, 0.717) is 38.1 Å². The second-order valence-electron chi connectivity index (χ2n) is 12.6. The van der Waals surface area contributed by atoms with Gasteiger partial charge in [-0.15, -0.1) is 0 Å². The summed E-state index contributed by atoms with van der Waals surface area (Å²) >= 11 is 0. The zero-order valence-corrected chi connectivity index (χ0v) is 26.9. The van der Waals surface area contributed by atoms with Crippen LogP contribution in [0.15, 0.2) is 91.0 Å². The van der Waals surface area contributed by atoms with Crippen LogP contribution in [0.2, 0.25) is 0 Å². The number of fused-ring (bicyclic) bond motifs is 1. The highest BCUT2D eigenvalue weighted by Crippen LogP contribution is 2.36. The lowest BCUT2D eigenvalue weighted by atomic mass is 10.1. The fraction of sp³-hybridized carbons (Fsp3) is 0.324. The smallest absolute Gasteiger partial charge is 0.410 e. The van der Waals surface area contributed by atoms with Gasteiger partial charge in [0.2, 0.25) is 11.8 Å². The van der Waals surface area contributed by atoms with Crippen molar-refractivity contribution in [1.29, 1.82) is 0 Å². The number of anilines is 1. The van der Waals surface area contributed by atoms with Crippen LogP contribution < -0.4 is 14.8 Å². The molecule has 3 heterocycles. The van der Waals surface area contributed by atoms with Crippen molar-refractivity contribution in [3.8, 4) is 23.0 Å². The molecular weight excluding hydrogens is 578 g/mol. The second kappa shape index (κ2) is 13.5. The summed E-state index contributed by atoms with van der Waals surface area (Å²) in [6.45, 7) is 7.81. The minimum absolute atomic E-state index is 0.0747. The molecule has 0 bridgehead atoms. The van der Waals surface area contributed by atoms with Crippen molar-refractivity contribution in [2.45, 2.75) is 58.5 Å². The van der Waals surface area contributed by atoms with Crippen LogP contribution in [-0.4, -0.2) is 50.5 Å². The number of hydrogen-bond donors (Lipinski definition) is 1. The van der Waals surface area contributed by atoms with Crippen molar-refractivity contribution in [2.24, 2.45) is 7.05 Å². The lowest BCUT2D eigenvalue weighted by Crippen LogP contribution is -2.42. The molecule has 46 heavy (non-hydrogen) atoms. The topological polar surface area (TPSA) is 90.7 Å². The van der Waals surface area contributed by atoms with Gasteiger partial charge in [-0.1, -0.05) is 60.7 Å². The molecule has 2 aromatic heterocycles. The number of nitrogens with zero attached hydrogens (tertiary/aromatic N) is 4. The van der Waals surface area contributed by atoms with Crippen molar-refractivity contribution in [1.82, 2.24) is 19.7 Å². The summed E-state index contributed by atoms with van der Waals surface area (Å²) in [7, 11) is 1.94. The van der Waals surface area contributed by atoms with E-state index in [1.165, 1.54) is 0 Å². The van der Waals surface area contributed by atoms with Crippen LogP contribution in [0.3, 0.4) is 0 Å². The number of ether oxygens (including phenoxy) is 3. The number of nitrogens with one attached hydrogen (secondary N) is 1. The fourth-order valence-corrected chi connectivity index (χ4v) is 5.66. The molecule has 0 aliphatic carbocycles. The molecule has 9 heteroatoms. The van der Waals surface area contributed by atoms with Gasteiger partial charge in [0.25, 0.3) is 0 Å². The number of rotatable bonds is 10. The first kappa shape index (κ1) is 31.0. The van der Waals surface area contributed by atoms with Gasteiger partial charge in [0, 0.05) is 37.3 Å². The third-order valence-corrected chi connectivity index (χ3v) is 7.94. The lowest BCUT2D eigenvalue weighted by Gasteiger charge is -2.29. The molecule has 3 aromatic carbocycles. The Morgan fingerprint density at radius 3 is 2.30 bits per heavy atom. The summed E-state index contributed by atoms with van der Waals surface area (Å²) in [5.74, 6) is 0.940. The van der Waals surface area contributed by atoms with Crippen LogP contribution in [-0.2, 0) is 25.0 Å². The monoisotopic (exact) mass is 619 g/mol. The van der Waals surface area contributed by atoms with Gasteiger partial charge in [0.15, 0.2) is 0 Å². The van der Waals surface area contributed by atoms with Crippen molar-refractivity contribution in [2.75, 3.05) is 18.4 Å². The van der Waals surface area contributed by atoms with Gasteiger partial charge in [0.1, 0.15) is 24.5 Å². The first-order valence-electron chi connectivity index (χ1n) is 15.8. The Kier molecular flexibility index (Phi) is 9.10. The van der Waals surface area contributed by atoms with Gasteiger partial charge in [-0.25, -0.2) is 4.79 Å². The van der Waals surface area contributed by atoms with E-state index >= 15 is 0 Å². The largest absolute Gasteiger partial charge is 0.473 e. The molecule has 1 aliphatic heterocycles. The van der Waals surface area contributed by atoms with E-state index in [9.17, 15) is 4.79 Å². The minimum Gasteiger partial charge on any atom is -0.473 e. The maximum atomic E-state index is 12.8. The summed E-state index contributed by atoms with van der Waals surface area (Å²) in [6, 6.07) is 30.1. The maximum Gasteiger partial charge on any atom is 0.410 e. The highest BCUT2D eigenvalue weighted by Gasteiger charge is 2.32. The van der Waals surface area contributed by atoms with Gasteiger partial charge in [-0.3, -0.25) is 4.68 Å². The first-order chi connectivity index (χ1) is 22.2. The molecule has 6 rings (SSSR count). The van der Waals surface area contributed by atoms with E-state index < -0.39 is 5.60 Å². The van der Waals surface area contributed by atoms with Crippen LogP contribution in [0.5, 0.6) is 11.8 Å². The van der Waals surface area contributed by atoms with Gasteiger partial charge in [-0.2, -0.15) is 10.1 Å². The van der Waals surface area contributed by atoms with E-state index in [-0.39, 0.29) is 12.1 Å². The van der Waals surface area contributed by atoms with Crippen LogP contribution in [0.1, 0.15) is 44.7 Å². The molecule has 238 valence electrons. The number of carbonyl (C=O) groups excluding carboxylic acids is 1. The van der Waals surface area contributed by atoms with Crippen molar-refractivity contribution in [3.05, 3.63) is 102 Å². The molecule has 1 atom stereocenters. The van der Waals surface area contributed by atoms with Crippen LogP contribution in [0.25, 0.3) is 22.2 Å². The second-order valence-corrected chi connectivity index (χ2v) is 12.6. The number of pyridine rings is 1. The number of carbonyl (C=O) groups is 1. The number of amides is 1. The minimum atomic E-state index is -0.516. The maximum absolute atomic E-state index is 12.8. The SMILES string of the molecule is Cn1nc(-c2ccc(OCc3ccccc3)nc2OCc2ccccc2)c2ccc(NC[C@@H]3CCCN3C(=O)OC(C)(C)C)cc21. The molecule has 1 N–H and O–H groups in total. The Morgan fingerprint density at radius 1 is 0.913 bits per heavy atom. The predicted octanol–water partition coefficient (Wildman–Crippen LogP) is 7.60. The Balaban J connectivity index is 1.23. The molecule has 9 nitrogen and oxygen atoms in total. The molecular formula is C37H41N5O4. The summed E-state index contributed by atoms with van der Waals surface area (Å²) in [5.41, 5.74) is 5.08. The summed E-state index contributed by atoms with van der Waals surface area (Å²) in [5, 5.41) is 9.43. The molecule has 5 aromatic rings. The fourth-order valence-electron chi connectivity index (χ4n) is 5.66. The van der Waals surface area contributed by atoms with Crippen molar-refractivity contribution < 1.29 is 19.0 Å². The zero-order valence-electron chi connectivity index (χ0n) is 26.9. The van der Waals surface area contributed by atoms with E-state index in [1.807, 2.05) is 110 Å². The number of benzene rings is 3. The lowest BCUT2D eigenvalue weighted by molar-refractivity contribution is 0.0235. The Morgan fingerprint density at radius 2 is 1.61 bits per heavy atom. The molecule has 1 fully saturated rings. The standard InChI is InChI=1S/C37H41N5O4/c1-37(2,3)46-36(43)42-21-11-16-29(42)23-38-28-17-18-30-32(22-28)41(4)40-34(30)31-19-20-33(44-24-26-12-7-5-8-13-26)39-35(31)45-25-27-14-9-6-10-15-27/h5-10,12-15,17-20,22,29,38H,11,16,21,23-25H2,1-4H3/t29-/m0/s1. The van der Waals surface area contributed by atoms with Gasteiger partial charge >= 0.3 is 6.09 Å². The number of aryl methyl sites for hydroxylation is 1. The zero-order chi connectivity index (χ0) is 32.1.